The molecule has 0 radical (unpaired) electrons. The maximum atomic E-state index is 12.2. The quantitative estimate of drug-likeness (QED) is 0.793. The number of nitrogens with two attached hydrogens (primary N) is 1. The fourth-order valence-electron chi connectivity index (χ4n) is 2.14. The Hall–Kier alpha value is -0.750. The van der Waals surface area contributed by atoms with Crippen LogP contribution >= 0.6 is 11.8 Å². The SMILES string of the molecule is CC(C)C(N)C(=O)N1CCCC(SCC(=O)O)CC1. The standard InChI is InChI=1S/C13H24N2O3S/c1-9(2)12(14)13(18)15-6-3-4-10(5-7-15)19-8-11(16)17/h9-10,12H,3-8,14H2,1-2H3,(H,16,17). The molecule has 1 saturated heterocycles. The fraction of sp³-hybridized carbons (Fsp3) is 0.846. The molecule has 1 aliphatic rings. The summed E-state index contributed by atoms with van der Waals surface area (Å²) in [6, 6.07) is -0.428. The predicted octanol–water partition coefficient (Wildman–Crippen LogP) is 1.17. The first-order valence-corrected chi connectivity index (χ1v) is 7.84. The number of amides is 1. The second-order valence-electron chi connectivity index (χ2n) is 5.35. The second-order valence-corrected chi connectivity index (χ2v) is 6.64. The van der Waals surface area contributed by atoms with Crippen LogP contribution in [-0.4, -0.2) is 52.0 Å². The smallest absolute Gasteiger partial charge is 0.313 e. The maximum Gasteiger partial charge on any atom is 0.313 e. The van der Waals surface area contributed by atoms with E-state index in [0.717, 1.165) is 25.8 Å². The van der Waals surface area contributed by atoms with Crippen molar-refractivity contribution in [2.75, 3.05) is 18.8 Å². The van der Waals surface area contributed by atoms with Gasteiger partial charge in [0.15, 0.2) is 0 Å². The molecule has 2 atom stereocenters. The van der Waals surface area contributed by atoms with Gasteiger partial charge in [-0.2, -0.15) is 0 Å². The molecule has 0 aromatic carbocycles. The highest BCUT2D eigenvalue weighted by Crippen LogP contribution is 2.23. The molecule has 3 N–H and O–H groups in total. The zero-order chi connectivity index (χ0) is 14.4. The number of carbonyl (C=O) groups excluding carboxylic acids is 1. The second kappa shape index (κ2) is 7.75. The van der Waals surface area contributed by atoms with Gasteiger partial charge in [-0.05, 0) is 25.2 Å². The van der Waals surface area contributed by atoms with E-state index in [9.17, 15) is 9.59 Å². The first kappa shape index (κ1) is 16.3. The summed E-state index contributed by atoms with van der Waals surface area (Å²) in [5, 5.41) is 9.02. The van der Waals surface area contributed by atoms with Crippen LogP contribution in [0.5, 0.6) is 0 Å². The van der Waals surface area contributed by atoms with Crippen LogP contribution < -0.4 is 5.73 Å². The van der Waals surface area contributed by atoms with Crippen LogP contribution in [0.3, 0.4) is 0 Å². The number of carbonyl (C=O) groups is 2. The van der Waals surface area contributed by atoms with Gasteiger partial charge >= 0.3 is 5.97 Å². The molecule has 1 amide bonds. The third kappa shape index (κ3) is 5.40. The molecule has 0 bridgehead atoms. The van der Waals surface area contributed by atoms with Crippen LogP contribution in [0.1, 0.15) is 33.1 Å². The number of hydrogen-bond donors (Lipinski definition) is 2. The number of rotatable bonds is 5. The fourth-order valence-corrected chi connectivity index (χ4v) is 3.12. The monoisotopic (exact) mass is 288 g/mol. The Labute approximate surface area is 118 Å². The first-order chi connectivity index (χ1) is 8.91. The highest BCUT2D eigenvalue weighted by atomic mass is 32.2. The summed E-state index contributed by atoms with van der Waals surface area (Å²) in [4.78, 5) is 24.6. The van der Waals surface area contributed by atoms with E-state index in [-0.39, 0.29) is 17.6 Å². The minimum atomic E-state index is -0.774. The van der Waals surface area contributed by atoms with Crippen molar-refractivity contribution in [1.82, 2.24) is 4.90 Å². The molecule has 0 aromatic rings. The molecule has 5 nitrogen and oxygen atoms in total. The third-order valence-electron chi connectivity index (χ3n) is 3.43. The number of likely N-dealkylation sites (tertiary alicyclic amines) is 1. The molecule has 2 unspecified atom stereocenters. The molecule has 6 heteroatoms. The van der Waals surface area contributed by atoms with Crippen LogP contribution in [0.15, 0.2) is 0 Å². The number of carboxylic acids is 1. The zero-order valence-corrected chi connectivity index (χ0v) is 12.5. The Balaban J connectivity index is 2.45. The third-order valence-corrected chi connectivity index (χ3v) is 4.79. The van der Waals surface area contributed by atoms with Gasteiger partial charge in [0, 0.05) is 18.3 Å². The van der Waals surface area contributed by atoms with E-state index in [2.05, 4.69) is 0 Å². The van der Waals surface area contributed by atoms with E-state index < -0.39 is 12.0 Å². The van der Waals surface area contributed by atoms with E-state index in [1.54, 1.807) is 0 Å². The maximum absolute atomic E-state index is 12.2. The summed E-state index contributed by atoms with van der Waals surface area (Å²) >= 11 is 1.48. The van der Waals surface area contributed by atoms with Crippen molar-refractivity contribution in [3.05, 3.63) is 0 Å². The topological polar surface area (TPSA) is 83.6 Å². The predicted molar refractivity (Wildman–Crippen MR) is 77.1 cm³/mol. The Kier molecular flexibility index (Phi) is 6.65. The highest BCUT2D eigenvalue weighted by Gasteiger charge is 2.26. The lowest BCUT2D eigenvalue weighted by Crippen LogP contribution is -2.46. The molecule has 19 heavy (non-hydrogen) atoms. The van der Waals surface area contributed by atoms with Gasteiger partial charge in [-0.3, -0.25) is 9.59 Å². The van der Waals surface area contributed by atoms with E-state index in [0.29, 0.717) is 11.8 Å². The molecular weight excluding hydrogens is 264 g/mol. The van der Waals surface area contributed by atoms with Crippen molar-refractivity contribution in [3.63, 3.8) is 0 Å². The van der Waals surface area contributed by atoms with Gasteiger partial charge in [0.25, 0.3) is 0 Å². The average molecular weight is 288 g/mol. The number of aliphatic carboxylic acids is 1. The lowest BCUT2D eigenvalue weighted by Gasteiger charge is -2.25. The van der Waals surface area contributed by atoms with Gasteiger partial charge in [0.2, 0.25) is 5.91 Å². The lowest BCUT2D eigenvalue weighted by atomic mass is 10.0. The minimum Gasteiger partial charge on any atom is -0.481 e. The highest BCUT2D eigenvalue weighted by molar-refractivity contribution is 8.00. The lowest BCUT2D eigenvalue weighted by molar-refractivity contribution is -0.134. The van der Waals surface area contributed by atoms with Crippen molar-refractivity contribution in [2.45, 2.75) is 44.4 Å². The Bertz CT molecular complexity index is 323. The van der Waals surface area contributed by atoms with E-state index in [1.807, 2.05) is 18.7 Å². The van der Waals surface area contributed by atoms with Gasteiger partial charge < -0.3 is 15.7 Å². The summed E-state index contributed by atoms with van der Waals surface area (Å²) in [7, 11) is 0. The first-order valence-electron chi connectivity index (χ1n) is 6.79. The summed E-state index contributed by atoms with van der Waals surface area (Å²) in [6.45, 7) is 5.33. The summed E-state index contributed by atoms with van der Waals surface area (Å²) < 4.78 is 0. The molecule has 0 aliphatic carbocycles. The number of carboxylic acid groups (broad SMARTS) is 1. The molecule has 1 heterocycles. The molecule has 1 rings (SSSR count). The molecular formula is C13H24N2O3S. The molecule has 0 spiro atoms. The number of nitrogens with zero attached hydrogens (tertiary/aromatic N) is 1. The molecule has 1 fully saturated rings. The van der Waals surface area contributed by atoms with Gasteiger partial charge in [-0.1, -0.05) is 13.8 Å². The van der Waals surface area contributed by atoms with Gasteiger partial charge in [0.1, 0.15) is 0 Å². The van der Waals surface area contributed by atoms with Crippen LogP contribution in [0, 0.1) is 5.92 Å². The van der Waals surface area contributed by atoms with E-state index >= 15 is 0 Å². The van der Waals surface area contributed by atoms with Crippen LogP contribution in [0.25, 0.3) is 0 Å². The van der Waals surface area contributed by atoms with Crippen molar-refractivity contribution in [3.8, 4) is 0 Å². The molecule has 1 aliphatic heterocycles. The van der Waals surface area contributed by atoms with Crippen LogP contribution in [-0.2, 0) is 9.59 Å². The summed E-state index contributed by atoms with van der Waals surface area (Å²) in [5.41, 5.74) is 5.90. The molecule has 110 valence electrons. The molecule has 0 aromatic heterocycles. The molecule has 0 saturated carbocycles. The normalized spacial score (nSPS) is 22.1. The van der Waals surface area contributed by atoms with Crippen molar-refractivity contribution in [2.24, 2.45) is 11.7 Å². The van der Waals surface area contributed by atoms with E-state index in [4.69, 9.17) is 10.8 Å². The van der Waals surface area contributed by atoms with Gasteiger partial charge in [0.05, 0.1) is 11.8 Å². The Morgan fingerprint density at radius 1 is 1.37 bits per heavy atom. The van der Waals surface area contributed by atoms with Gasteiger partial charge in [-0.15, -0.1) is 11.8 Å². The van der Waals surface area contributed by atoms with Crippen molar-refractivity contribution >= 4 is 23.6 Å². The van der Waals surface area contributed by atoms with Crippen molar-refractivity contribution in [1.29, 1.82) is 0 Å². The van der Waals surface area contributed by atoms with Crippen LogP contribution in [0.4, 0.5) is 0 Å². The van der Waals surface area contributed by atoms with Crippen LogP contribution in [0.2, 0.25) is 0 Å². The number of thioether (sulfide) groups is 1. The van der Waals surface area contributed by atoms with E-state index in [1.165, 1.54) is 11.8 Å². The van der Waals surface area contributed by atoms with Crippen molar-refractivity contribution < 1.29 is 14.7 Å². The zero-order valence-electron chi connectivity index (χ0n) is 11.7. The Morgan fingerprint density at radius 2 is 2.05 bits per heavy atom. The summed E-state index contributed by atoms with van der Waals surface area (Å²) in [5.74, 6) is -0.458. The van der Waals surface area contributed by atoms with Gasteiger partial charge in [-0.25, -0.2) is 0 Å². The summed E-state index contributed by atoms with van der Waals surface area (Å²) in [6.07, 6.45) is 2.75. The Morgan fingerprint density at radius 3 is 2.63 bits per heavy atom. The minimum absolute atomic E-state index is 0.0267. The average Bonchev–Trinajstić information content (AvgIpc) is 2.59. The number of hydrogen-bond acceptors (Lipinski definition) is 4. The largest absolute Gasteiger partial charge is 0.481 e.